The van der Waals surface area contributed by atoms with Crippen molar-refractivity contribution >= 4 is 37.8 Å². The van der Waals surface area contributed by atoms with Crippen LogP contribution >= 0.6 is 22.7 Å². The normalized spacial score (nSPS) is 11.4. The highest BCUT2D eigenvalue weighted by molar-refractivity contribution is 7.39. The molecule has 0 spiro atoms. The number of nitrogens with two attached hydrogens (primary N) is 1. The minimum Gasteiger partial charge on any atom is -0.396 e. The summed E-state index contributed by atoms with van der Waals surface area (Å²) in [6.07, 6.45) is 0. The first-order valence-electron chi connectivity index (χ1n) is 5.05. The number of hydrogen-bond donors (Lipinski definition) is 1. The lowest BCUT2D eigenvalue weighted by molar-refractivity contribution is 0.596. The van der Waals surface area contributed by atoms with E-state index in [2.05, 4.69) is 32.9 Å². The highest BCUT2D eigenvalue weighted by Crippen LogP contribution is 2.46. The molecule has 0 atom stereocenters. The molecular formula is C12H11N3S2. The van der Waals surface area contributed by atoms with E-state index in [0.29, 0.717) is 15.4 Å². The fraction of sp³-hybridized carbons (Fsp3) is 0.333. The van der Waals surface area contributed by atoms with Crippen molar-refractivity contribution in [2.45, 2.75) is 26.2 Å². The molecule has 0 aliphatic rings. The number of thiophene rings is 2. The van der Waals surface area contributed by atoms with Crippen molar-refractivity contribution in [2.24, 2.45) is 0 Å². The molecule has 0 radical (unpaired) electrons. The average molecular weight is 261 g/mol. The van der Waals surface area contributed by atoms with Crippen LogP contribution in [0.15, 0.2) is 0 Å². The van der Waals surface area contributed by atoms with Crippen LogP contribution in [0.1, 0.15) is 36.1 Å². The second-order valence-electron chi connectivity index (χ2n) is 4.79. The zero-order valence-electron chi connectivity index (χ0n) is 9.79. The Morgan fingerprint density at radius 2 is 1.59 bits per heavy atom. The van der Waals surface area contributed by atoms with E-state index < -0.39 is 0 Å². The molecule has 0 aromatic carbocycles. The number of nitriles is 2. The first kappa shape index (κ1) is 11.9. The van der Waals surface area contributed by atoms with Gasteiger partial charge in [-0.05, 0) is 11.0 Å². The van der Waals surface area contributed by atoms with Crippen LogP contribution in [-0.2, 0) is 5.41 Å². The summed E-state index contributed by atoms with van der Waals surface area (Å²) >= 11 is 2.80. The monoisotopic (exact) mass is 261 g/mol. The standard InChI is InChI=1S/C12H11N3S2/c1-12(2,3)9-6(4-13)16-11-8(9)10(15)7(5-14)17-11/h15H2,1-3H3. The predicted molar refractivity (Wildman–Crippen MR) is 72.2 cm³/mol. The number of anilines is 1. The van der Waals surface area contributed by atoms with Crippen LogP contribution in [0.5, 0.6) is 0 Å². The van der Waals surface area contributed by atoms with Crippen LogP contribution in [0.4, 0.5) is 5.69 Å². The van der Waals surface area contributed by atoms with E-state index in [1.807, 2.05) is 0 Å². The first-order valence-corrected chi connectivity index (χ1v) is 6.69. The van der Waals surface area contributed by atoms with Crippen molar-refractivity contribution in [2.75, 3.05) is 5.73 Å². The Bertz CT molecular complexity index is 672. The topological polar surface area (TPSA) is 73.6 Å². The molecule has 17 heavy (non-hydrogen) atoms. The van der Waals surface area contributed by atoms with Crippen LogP contribution in [0.3, 0.4) is 0 Å². The lowest BCUT2D eigenvalue weighted by Gasteiger charge is -2.18. The summed E-state index contributed by atoms with van der Waals surface area (Å²) < 4.78 is 0.973. The maximum atomic E-state index is 9.18. The SMILES string of the molecule is CC(C)(C)c1c(C#N)sc2sc(C#N)c(N)c12. The van der Waals surface area contributed by atoms with Crippen molar-refractivity contribution < 1.29 is 0 Å². The molecule has 2 heterocycles. The number of nitrogens with zero attached hydrogens (tertiary/aromatic N) is 2. The van der Waals surface area contributed by atoms with Crippen molar-refractivity contribution in [3.8, 4) is 12.1 Å². The molecule has 0 aliphatic carbocycles. The summed E-state index contributed by atoms with van der Waals surface area (Å²) in [5.74, 6) is 0. The van der Waals surface area contributed by atoms with Gasteiger partial charge in [-0.15, -0.1) is 22.7 Å². The molecule has 0 saturated carbocycles. The number of hydrogen-bond acceptors (Lipinski definition) is 5. The quantitative estimate of drug-likeness (QED) is 0.787. The van der Waals surface area contributed by atoms with E-state index in [0.717, 1.165) is 15.0 Å². The third kappa shape index (κ3) is 1.68. The maximum absolute atomic E-state index is 9.18. The molecule has 2 N–H and O–H groups in total. The Balaban J connectivity index is 2.93. The molecule has 3 nitrogen and oxygen atoms in total. The first-order chi connectivity index (χ1) is 7.90. The molecule has 0 bridgehead atoms. The fourth-order valence-electron chi connectivity index (χ4n) is 1.87. The van der Waals surface area contributed by atoms with Gasteiger partial charge in [-0.2, -0.15) is 10.5 Å². The van der Waals surface area contributed by atoms with E-state index in [1.54, 1.807) is 0 Å². The van der Waals surface area contributed by atoms with E-state index in [4.69, 9.17) is 11.0 Å². The van der Waals surface area contributed by atoms with Crippen molar-refractivity contribution in [1.82, 2.24) is 0 Å². The van der Waals surface area contributed by atoms with E-state index in [1.165, 1.54) is 22.7 Å². The molecule has 0 saturated heterocycles. The zero-order chi connectivity index (χ0) is 12.8. The molecule has 0 unspecified atom stereocenters. The predicted octanol–water partition coefficient (Wildman–Crippen LogP) is 3.59. The maximum Gasteiger partial charge on any atom is 0.129 e. The fourth-order valence-corrected chi connectivity index (χ4v) is 4.34. The van der Waals surface area contributed by atoms with Gasteiger partial charge in [0.05, 0.1) is 9.70 Å². The second-order valence-corrected chi connectivity index (χ2v) is 7.09. The van der Waals surface area contributed by atoms with E-state index in [-0.39, 0.29) is 5.41 Å². The van der Waals surface area contributed by atoms with Crippen LogP contribution in [0, 0.1) is 22.7 Å². The van der Waals surface area contributed by atoms with Gasteiger partial charge in [0, 0.05) is 5.39 Å². The molecule has 2 aromatic heterocycles. The second kappa shape index (κ2) is 3.73. The van der Waals surface area contributed by atoms with Gasteiger partial charge in [-0.3, -0.25) is 0 Å². The van der Waals surface area contributed by atoms with Gasteiger partial charge < -0.3 is 5.73 Å². The van der Waals surface area contributed by atoms with Gasteiger partial charge in [0.2, 0.25) is 0 Å². The van der Waals surface area contributed by atoms with Crippen LogP contribution in [0.2, 0.25) is 0 Å². The number of rotatable bonds is 0. The highest BCUT2D eigenvalue weighted by atomic mass is 32.2. The van der Waals surface area contributed by atoms with Crippen LogP contribution in [-0.4, -0.2) is 0 Å². The minimum absolute atomic E-state index is 0.148. The lowest BCUT2D eigenvalue weighted by Crippen LogP contribution is -2.12. The Morgan fingerprint density at radius 1 is 1.06 bits per heavy atom. The minimum atomic E-state index is -0.148. The number of fused-ring (bicyclic) bond motifs is 1. The molecule has 86 valence electrons. The third-order valence-corrected chi connectivity index (χ3v) is 4.83. The summed E-state index contributed by atoms with van der Waals surface area (Å²) in [6.45, 7) is 6.16. The average Bonchev–Trinajstić information content (AvgIpc) is 2.74. The van der Waals surface area contributed by atoms with Crippen molar-refractivity contribution in [3.05, 3.63) is 15.3 Å². The summed E-state index contributed by atoms with van der Waals surface area (Å²) in [6, 6.07) is 4.33. The van der Waals surface area contributed by atoms with Crippen molar-refractivity contribution in [3.63, 3.8) is 0 Å². The molecule has 0 aliphatic heterocycles. The smallest absolute Gasteiger partial charge is 0.129 e. The van der Waals surface area contributed by atoms with E-state index >= 15 is 0 Å². The summed E-state index contributed by atoms with van der Waals surface area (Å²) in [7, 11) is 0. The van der Waals surface area contributed by atoms with Crippen LogP contribution < -0.4 is 5.73 Å². The molecular weight excluding hydrogens is 250 g/mol. The Hall–Kier alpha value is -1.56. The van der Waals surface area contributed by atoms with Gasteiger partial charge in [-0.1, -0.05) is 20.8 Å². The zero-order valence-corrected chi connectivity index (χ0v) is 11.4. The number of nitrogen functional groups attached to an aromatic ring is 1. The Kier molecular flexibility index (Phi) is 2.61. The van der Waals surface area contributed by atoms with E-state index in [9.17, 15) is 5.26 Å². The van der Waals surface area contributed by atoms with Gasteiger partial charge in [0.1, 0.15) is 21.9 Å². The van der Waals surface area contributed by atoms with Gasteiger partial charge in [-0.25, -0.2) is 0 Å². The van der Waals surface area contributed by atoms with Gasteiger partial charge in [0.15, 0.2) is 0 Å². The Labute approximate surface area is 108 Å². The van der Waals surface area contributed by atoms with Crippen LogP contribution in [0.25, 0.3) is 9.40 Å². The Morgan fingerprint density at radius 3 is 2.06 bits per heavy atom. The van der Waals surface area contributed by atoms with Crippen molar-refractivity contribution in [1.29, 1.82) is 10.5 Å². The third-order valence-electron chi connectivity index (χ3n) is 2.54. The largest absolute Gasteiger partial charge is 0.396 e. The molecule has 0 fully saturated rings. The summed E-state index contributed by atoms with van der Waals surface area (Å²) in [5.41, 5.74) is 7.34. The van der Waals surface area contributed by atoms with Gasteiger partial charge >= 0.3 is 0 Å². The highest BCUT2D eigenvalue weighted by Gasteiger charge is 2.27. The van der Waals surface area contributed by atoms with Gasteiger partial charge in [0.25, 0.3) is 0 Å². The summed E-state index contributed by atoms with van der Waals surface area (Å²) in [4.78, 5) is 1.25. The lowest BCUT2D eigenvalue weighted by atomic mass is 9.85. The molecule has 0 amide bonds. The molecule has 2 rings (SSSR count). The molecule has 5 heteroatoms. The molecule has 2 aromatic rings. The summed E-state index contributed by atoms with van der Waals surface area (Å²) in [5, 5.41) is 19.1.